The summed E-state index contributed by atoms with van der Waals surface area (Å²) >= 11 is 12.2. The minimum Gasteiger partial charge on any atom is -0.329 e. The van der Waals surface area contributed by atoms with Crippen LogP contribution in [0.1, 0.15) is 28.4 Å². The predicted molar refractivity (Wildman–Crippen MR) is 93.0 cm³/mol. The van der Waals surface area contributed by atoms with Crippen molar-refractivity contribution in [2.75, 3.05) is 6.54 Å². The van der Waals surface area contributed by atoms with Gasteiger partial charge in [0.15, 0.2) is 11.6 Å². The van der Waals surface area contributed by atoms with E-state index in [-0.39, 0.29) is 5.91 Å². The lowest BCUT2D eigenvalue weighted by Gasteiger charge is -2.28. The molecule has 2 aliphatic rings. The maximum Gasteiger partial charge on any atom is 0.255 e. The van der Waals surface area contributed by atoms with Crippen LogP contribution in [0.5, 0.6) is 0 Å². The number of hydrogen-bond acceptors (Lipinski definition) is 3. The standard InChI is InChI=1S/C17H14Cl2N4O/c18-13-7-3-6-12(15(13)19)17(24)22-8-9-23-14(10-22)20-21-16(23)11-4-1-2-5-11/h1-4,6-7H,5,8-10H2. The van der Waals surface area contributed by atoms with Gasteiger partial charge in [-0.2, -0.15) is 0 Å². The summed E-state index contributed by atoms with van der Waals surface area (Å²) in [7, 11) is 0. The first-order valence-corrected chi connectivity index (χ1v) is 8.42. The largest absolute Gasteiger partial charge is 0.329 e. The van der Waals surface area contributed by atoms with Crippen LogP contribution in [0.3, 0.4) is 0 Å². The molecule has 5 nitrogen and oxygen atoms in total. The number of hydrogen-bond donors (Lipinski definition) is 0. The van der Waals surface area contributed by atoms with Crippen molar-refractivity contribution in [3.05, 3.63) is 63.7 Å². The lowest BCUT2D eigenvalue weighted by atomic mass is 10.1. The van der Waals surface area contributed by atoms with E-state index in [1.54, 1.807) is 23.1 Å². The molecule has 1 amide bonds. The zero-order valence-electron chi connectivity index (χ0n) is 12.7. The Hall–Kier alpha value is -2.11. The van der Waals surface area contributed by atoms with Gasteiger partial charge in [0.2, 0.25) is 0 Å². The van der Waals surface area contributed by atoms with Crippen LogP contribution in [0.4, 0.5) is 0 Å². The van der Waals surface area contributed by atoms with E-state index in [1.165, 1.54) is 0 Å². The third-order valence-electron chi connectivity index (χ3n) is 4.28. The molecule has 4 rings (SSSR count). The molecule has 0 atom stereocenters. The van der Waals surface area contributed by atoms with Gasteiger partial charge in [0.25, 0.3) is 5.91 Å². The quantitative estimate of drug-likeness (QED) is 0.822. The average molecular weight is 361 g/mol. The Kier molecular flexibility index (Phi) is 3.90. The molecular weight excluding hydrogens is 347 g/mol. The smallest absolute Gasteiger partial charge is 0.255 e. The highest BCUT2D eigenvalue weighted by Crippen LogP contribution is 2.28. The number of carbonyl (C=O) groups is 1. The summed E-state index contributed by atoms with van der Waals surface area (Å²) < 4.78 is 2.09. The van der Waals surface area contributed by atoms with E-state index in [2.05, 4.69) is 26.9 Å². The van der Waals surface area contributed by atoms with Gasteiger partial charge < -0.3 is 9.47 Å². The number of nitrogens with zero attached hydrogens (tertiary/aromatic N) is 4. The zero-order valence-corrected chi connectivity index (χ0v) is 14.3. The molecule has 7 heteroatoms. The minimum absolute atomic E-state index is 0.139. The van der Waals surface area contributed by atoms with Crippen LogP contribution in [0.2, 0.25) is 10.0 Å². The van der Waals surface area contributed by atoms with Gasteiger partial charge in [-0.05, 0) is 18.6 Å². The molecule has 2 aromatic rings. The zero-order chi connectivity index (χ0) is 16.7. The number of rotatable bonds is 2. The molecule has 1 aromatic heterocycles. The van der Waals surface area contributed by atoms with Crippen LogP contribution in [0.15, 0.2) is 36.4 Å². The summed E-state index contributed by atoms with van der Waals surface area (Å²) in [6.07, 6.45) is 7.05. The number of halogens is 2. The highest BCUT2D eigenvalue weighted by molar-refractivity contribution is 6.43. The van der Waals surface area contributed by atoms with Gasteiger partial charge in [-0.25, -0.2) is 0 Å². The van der Waals surface area contributed by atoms with Crippen molar-refractivity contribution in [2.45, 2.75) is 19.5 Å². The Morgan fingerprint density at radius 3 is 2.83 bits per heavy atom. The first-order valence-electron chi connectivity index (χ1n) is 7.66. The molecule has 0 bridgehead atoms. The Morgan fingerprint density at radius 2 is 2.04 bits per heavy atom. The van der Waals surface area contributed by atoms with Crippen LogP contribution in [0, 0.1) is 0 Å². The summed E-state index contributed by atoms with van der Waals surface area (Å²) in [5, 5.41) is 9.23. The number of carbonyl (C=O) groups excluding carboxylic acids is 1. The molecule has 0 fully saturated rings. The second-order valence-corrected chi connectivity index (χ2v) is 6.53. The Bertz CT molecular complexity index is 885. The van der Waals surface area contributed by atoms with Gasteiger partial charge in [-0.3, -0.25) is 4.79 Å². The minimum atomic E-state index is -0.139. The van der Waals surface area contributed by atoms with E-state index in [4.69, 9.17) is 23.2 Å². The molecule has 0 spiro atoms. The van der Waals surface area contributed by atoms with Crippen molar-refractivity contribution in [3.63, 3.8) is 0 Å². The summed E-state index contributed by atoms with van der Waals surface area (Å²) in [5.41, 5.74) is 1.58. The molecule has 0 unspecified atom stereocenters. The lowest BCUT2D eigenvalue weighted by Crippen LogP contribution is -2.38. The molecule has 0 radical (unpaired) electrons. The van der Waals surface area contributed by atoms with Gasteiger partial charge in [-0.15, -0.1) is 10.2 Å². The van der Waals surface area contributed by atoms with E-state index in [9.17, 15) is 4.79 Å². The van der Waals surface area contributed by atoms with E-state index in [1.807, 2.05) is 6.08 Å². The highest BCUT2D eigenvalue weighted by Gasteiger charge is 2.27. The third-order valence-corrected chi connectivity index (χ3v) is 5.10. The molecule has 1 aliphatic heterocycles. The van der Waals surface area contributed by atoms with Crippen LogP contribution in [0.25, 0.3) is 5.57 Å². The summed E-state index contributed by atoms with van der Waals surface area (Å²) in [4.78, 5) is 14.5. The first kappa shape index (κ1) is 15.4. The molecule has 0 saturated heterocycles. The molecule has 0 N–H and O–H groups in total. The molecule has 0 saturated carbocycles. The van der Waals surface area contributed by atoms with Crippen LogP contribution < -0.4 is 0 Å². The number of benzene rings is 1. The summed E-state index contributed by atoms with van der Waals surface area (Å²) in [5.74, 6) is 1.54. The fraction of sp³-hybridized carbons (Fsp3) is 0.235. The van der Waals surface area contributed by atoms with Crippen molar-refractivity contribution in [1.82, 2.24) is 19.7 Å². The van der Waals surface area contributed by atoms with Gasteiger partial charge in [0.1, 0.15) is 0 Å². The van der Waals surface area contributed by atoms with E-state index in [0.717, 1.165) is 23.6 Å². The second kappa shape index (κ2) is 6.07. The van der Waals surface area contributed by atoms with E-state index in [0.29, 0.717) is 35.2 Å². The van der Waals surface area contributed by atoms with Crippen LogP contribution in [-0.2, 0) is 13.1 Å². The Morgan fingerprint density at radius 1 is 1.17 bits per heavy atom. The Balaban J connectivity index is 1.59. The van der Waals surface area contributed by atoms with Crippen molar-refractivity contribution >= 4 is 34.7 Å². The number of aromatic nitrogens is 3. The molecule has 2 heterocycles. The van der Waals surface area contributed by atoms with Gasteiger partial charge >= 0.3 is 0 Å². The summed E-state index contributed by atoms with van der Waals surface area (Å²) in [6, 6.07) is 5.09. The molecular formula is C17H14Cl2N4O. The van der Waals surface area contributed by atoms with Crippen molar-refractivity contribution in [2.24, 2.45) is 0 Å². The molecule has 1 aliphatic carbocycles. The maximum atomic E-state index is 12.7. The molecule has 1 aromatic carbocycles. The number of amides is 1. The highest BCUT2D eigenvalue weighted by atomic mass is 35.5. The monoisotopic (exact) mass is 360 g/mol. The fourth-order valence-corrected chi connectivity index (χ4v) is 3.40. The van der Waals surface area contributed by atoms with Crippen LogP contribution in [-0.4, -0.2) is 32.1 Å². The van der Waals surface area contributed by atoms with E-state index < -0.39 is 0 Å². The van der Waals surface area contributed by atoms with E-state index >= 15 is 0 Å². The van der Waals surface area contributed by atoms with Gasteiger partial charge in [0.05, 0.1) is 22.2 Å². The first-order chi connectivity index (χ1) is 11.6. The average Bonchev–Trinajstić information content (AvgIpc) is 3.25. The van der Waals surface area contributed by atoms with Gasteiger partial charge in [-0.1, -0.05) is 47.5 Å². The van der Waals surface area contributed by atoms with Crippen molar-refractivity contribution in [1.29, 1.82) is 0 Å². The third kappa shape index (κ3) is 2.54. The predicted octanol–water partition coefficient (Wildman–Crippen LogP) is 3.58. The lowest BCUT2D eigenvalue weighted by molar-refractivity contribution is 0.0707. The second-order valence-electron chi connectivity index (χ2n) is 5.74. The topological polar surface area (TPSA) is 51.0 Å². The number of allylic oxidation sites excluding steroid dienone is 4. The molecule has 122 valence electrons. The number of fused-ring (bicyclic) bond motifs is 1. The SMILES string of the molecule is O=C(c1cccc(Cl)c1Cl)N1CCn2c(nnc2C2=CC=CC2)C1. The maximum absolute atomic E-state index is 12.7. The van der Waals surface area contributed by atoms with Gasteiger partial charge in [0, 0.05) is 18.7 Å². The van der Waals surface area contributed by atoms with Crippen molar-refractivity contribution in [3.8, 4) is 0 Å². The van der Waals surface area contributed by atoms with Crippen molar-refractivity contribution < 1.29 is 4.79 Å². The summed E-state index contributed by atoms with van der Waals surface area (Å²) in [6.45, 7) is 1.66. The fourth-order valence-electron chi connectivity index (χ4n) is 3.02. The normalized spacial score (nSPS) is 16.2. The van der Waals surface area contributed by atoms with Crippen LogP contribution >= 0.6 is 23.2 Å². The molecule has 24 heavy (non-hydrogen) atoms. The Labute approximate surface area is 149 Å².